The molecule has 1 saturated carbocycles. The summed E-state index contributed by atoms with van der Waals surface area (Å²) in [7, 11) is 0. The van der Waals surface area contributed by atoms with Crippen molar-refractivity contribution in [2.24, 2.45) is 0 Å². The number of rotatable bonds is 10. The molecule has 31 heavy (non-hydrogen) atoms. The number of carbonyl (C=O) groups excluding carboxylic acids is 1. The van der Waals surface area contributed by atoms with Crippen LogP contribution in [0, 0.1) is 0 Å². The van der Waals surface area contributed by atoms with E-state index in [1.807, 2.05) is 56.3 Å². The molecule has 1 aliphatic rings. The van der Waals surface area contributed by atoms with Gasteiger partial charge in [-0.1, -0.05) is 30.0 Å². The lowest BCUT2D eigenvalue weighted by Crippen LogP contribution is -2.15. The van der Waals surface area contributed by atoms with Gasteiger partial charge in [0.15, 0.2) is 5.16 Å². The van der Waals surface area contributed by atoms with E-state index in [0.717, 1.165) is 29.5 Å². The number of nitrogens with zero attached hydrogens (tertiary/aromatic N) is 3. The number of hydrogen-bond acceptors (Lipinski definition) is 6. The maximum absolute atomic E-state index is 12.7. The van der Waals surface area contributed by atoms with Gasteiger partial charge in [-0.3, -0.25) is 9.36 Å². The van der Waals surface area contributed by atoms with Crippen molar-refractivity contribution in [3.8, 4) is 17.2 Å². The molecule has 162 valence electrons. The van der Waals surface area contributed by atoms with E-state index < -0.39 is 0 Å². The van der Waals surface area contributed by atoms with Crippen LogP contribution >= 0.6 is 11.8 Å². The highest BCUT2D eigenvalue weighted by Gasteiger charge is 2.31. The second kappa shape index (κ2) is 9.87. The first kappa shape index (κ1) is 21.2. The fourth-order valence-electron chi connectivity index (χ4n) is 3.26. The van der Waals surface area contributed by atoms with Crippen LogP contribution < -0.4 is 14.8 Å². The average Bonchev–Trinajstić information content (AvgIpc) is 3.54. The Balaban J connectivity index is 1.48. The van der Waals surface area contributed by atoms with Crippen molar-refractivity contribution in [1.29, 1.82) is 0 Å². The monoisotopic (exact) mass is 438 g/mol. The van der Waals surface area contributed by atoms with Gasteiger partial charge in [0.25, 0.3) is 0 Å². The number of benzene rings is 2. The predicted octanol–water partition coefficient (Wildman–Crippen LogP) is 4.67. The fraction of sp³-hybridized carbons (Fsp3) is 0.348. The van der Waals surface area contributed by atoms with Gasteiger partial charge >= 0.3 is 0 Å². The lowest BCUT2D eigenvalue weighted by atomic mass is 10.2. The van der Waals surface area contributed by atoms with Crippen LogP contribution in [0.5, 0.6) is 11.5 Å². The molecule has 1 amide bonds. The van der Waals surface area contributed by atoms with Crippen molar-refractivity contribution in [2.75, 3.05) is 24.3 Å². The minimum absolute atomic E-state index is 0.143. The lowest BCUT2D eigenvalue weighted by Gasteiger charge is -2.14. The van der Waals surface area contributed by atoms with E-state index in [0.29, 0.717) is 36.3 Å². The first-order valence-electron chi connectivity index (χ1n) is 10.5. The van der Waals surface area contributed by atoms with E-state index in [2.05, 4.69) is 20.1 Å². The quantitative estimate of drug-likeness (QED) is 0.464. The normalized spacial score (nSPS) is 13.1. The van der Waals surface area contributed by atoms with Crippen molar-refractivity contribution in [2.45, 2.75) is 37.8 Å². The molecule has 1 fully saturated rings. The molecule has 0 atom stereocenters. The Kier molecular flexibility index (Phi) is 6.76. The zero-order chi connectivity index (χ0) is 21.6. The Labute approximate surface area is 186 Å². The van der Waals surface area contributed by atoms with Gasteiger partial charge in [0, 0.05) is 17.7 Å². The summed E-state index contributed by atoms with van der Waals surface area (Å²) in [5, 5.41) is 12.4. The average molecular weight is 439 g/mol. The molecular formula is C23H26N4O3S. The van der Waals surface area contributed by atoms with Gasteiger partial charge in [-0.2, -0.15) is 0 Å². The summed E-state index contributed by atoms with van der Waals surface area (Å²) in [5.41, 5.74) is 1.61. The number of para-hydroxylation sites is 1. The molecule has 0 unspecified atom stereocenters. The maximum atomic E-state index is 12.7. The van der Waals surface area contributed by atoms with Crippen LogP contribution in [-0.4, -0.2) is 39.6 Å². The van der Waals surface area contributed by atoms with Gasteiger partial charge in [-0.05, 0) is 51.0 Å². The van der Waals surface area contributed by atoms with Crippen LogP contribution in [0.4, 0.5) is 5.69 Å². The van der Waals surface area contributed by atoms with Crippen molar-refractivity contribution >= 4 is 23.4 Å². The zero-order valence-corrected chi connectivity index (χ0v) is 18.5. The Morgan fingerprint density at radius 2 is 1.87 bits per heavy atom. The topological polar surface area (TPSA) is 78.3 Å². The largest absolute Gasteiger partial charge is 0.494 e. The second-order valence-electron chi connectivity index (χ2n) is 7.15. The highest BCUT2D eigenvalue weighted by Crippen LogP contribution is 2.41. The number of hydrogen-bond donors (Lipinski definition) is 1. The second-order valence-corrected chi connectivity index (χ2v) is 8.09. The molecule has 1 aliphatic carbocycles. The summed E-state index contributed by atoms with van der Waals surface area (Å²) < 4.78 is 13.3. The zero-order valence-electron chi connectivity index (χ0n) is 17.7. The Morgan fingerprint density at radius 3 is 2.58 bits per heavy atom. The Morgan fingerprint density at radius 1 is 1.10 bits per heavy atom. The molecule has 2 aromatic carbocycles. The number of anilines is 1. The molecule has 7 nitrogen and oxygen atoms in total. The molecule has 8 heteroatoms. The summed E-state index contributed by atoms with van der Waals surface area (Å²) in [6, 6.07) is 15.5. The molecule has 0 spiro atoms. The number of thioether (sulfide) groups is 1. The summed E-state index contributed by atoms with van der Waals surface area (Å²) in [6.07, 6.45) is 2.26. The van der Waals surface area contributed by atoms with Crippen LogP contribution in [-0.2, 0) is 4.79 Å². The van der Waals surface area contributed by atoms with Crippen LogP contribution in [0.15, 0.2) is 53.7 Å². The molecule has 1 N–H and O–H groups in total. The highest BCUT2D eigenvalue weighted by atomic mass is 32.2. The molecule has 0 aliphatic heterocycles. The summed E-state index contributed by atoms with van der Waals surface area (Å²) >= 11 is 1.37. The number of amides is 1. The predicted molar refractivity (Wildman–Crippen MR) is 121 cm³/mol. The third-order valence-electron chi connectivity index (χ3n) is 4.78. The van der Waals surface area contributed by atoms with Crippen LogP contribution in [0.25, 0.3) is 5.69 Å². The molecule has 1 heterocycles. The van der Waals surface area contributed by atoms with Gasteiger partial charge < -0.3 is 14.8 Å². The van der Waals surface area contributed by atoms with E-state index in [4.69, 9.17) is 9.47 Å². The number of ether oxygens (including phenoxy) is 2. The van der Waals surface area contributed by atoms with Crippen molar-refractivity contribution < 1.29 is 14.3 Å². The molecule has 4 rings (SSSR count). The van der Waals surface area contributed by atoms with Crippen molar-refractivity contribution in [3.05, 3.63) is 54.4 Å². The highest BCUT2D eigenvalue weighted by molar-refractivity contribution is 7.99. The molecule has 0 saturated heterocycles. The SMILES string of the molecule is CCOc1ccc(OCC)c(NC(=O)CSc2nnc(C3CC3)n2-c2ccccc2)c1. The third kappa shape index (κ3) is 5.19. The van der Waals surface area contributed by atoms with E-state index in [1.54, 1.807) is 6.07 Å². The molecule has 3 aromatic rings. The summed E-state index contributed by atoms with van der Waals surface area (Å²) in [4.78, 5) is 12.7. The first-order valence-corrected chi connectivity index (χ1v) is 11.5. The molecule has 0 radical (unpaired) electrons. The van der Waals surface area contributed by atoms with E-state index in [1.165, 1.54) is 11.8 Å². The molecular weight excluding hydrogens is 412 g/mol. The number of nitrogens with one attached hydrogen (secondary N) is 1. The van der Waals surface area contributed by atoms with Gasteiger partial charge in [0.1, 0.15) is 17.3 Å². The Hall–Kier alpha value is -3.00. The molecule has 1 aromatic heterocycles. The first-order chi connectivity index (χ1) is 15.2. The summed E-state index contributed by atoms with van der Waals surface area (Å²) in [5.74, 6) is 2.79. The third-order valence-corrected chi connectivity index (χ3v) is 5.71. The lowest BCUT2D eigenvalue weighted by molar-refractivity contribution is -0.113. The fourth-order valence-corrected chi connectivity index (χ4v) is 4.02. The smallest absolute Gasteiger partial charge is 0.234 e. The maximum Gasteiger partial charge on any atom is 0.234 e. The molecule has 0 bridgehead atoms. The van der Waals surface area contributed by atoms with Crippen molar-refractivity contribution in [1.82, 2.24) is 14.8 Å². The van der Waals surface area contributed by atoms with Gasteiger partial charge in [-0.25, -0.2) is 0 Å². The van der Waals surface area contributed by atoms with E-state index in [9.17, 15) is 4.79 Å². The Bertz CT molecular complexity index is 1030. The van der Waals surface area contributed by atoms with E-state index >= 15 is 0 Å². The van der Waals surface area contributed by atoms with Gasteiger partial charge in [0.05, 0.1) is 24.7 Å². The number of aromatic nitrogens is 3. The number of carbonyl (C=O) groups is 1. The van der Waals surface area contributed by atoms with Crippen LogP contribution in [0.1, 0.15) is 38.4 Å². The minimum atomic E-state index is -0.143. The minimum Gasteiger partial charge on any atom is -0.494 e. The van der Waals surface area contributed by atoms with Gasteiger partial charge in [-0.15, -0.1) is 10.2 Å². The van der Waals surface area contributed by atoms with Crippen LogP contribution in [0.3, 0.4) is 0 Å². The van der Waals surface area contributed by atoms with Gasteiger partial charge in [0.2, 0.25) is 5.91 Å². The standard InChI is InChI=1S/C23H26N4O3S/c1-3-29-18-12-13-20(30-4-2)19(14-18)24-21(28)15-31-23-26-25-22(16-10-11-16)27(23)17-8-6-5-7-9-17/h5-9,12-14,16H,3-4,10-11,15H2,1-2H3,(H,24,28). The van der Waals surface area contributed by atoms with Crippen LogP contribution in [0.2, 0.25) is 0 Å². The van der Waals surface area contributed by atoms with Crippen molar-refractivity contribution in [3.63, 3.8) is 0 Å². The van der Waals surface area contributed by atoms with E-state index in [-0.39, 0.29) is 11.7 Å². The summed E-state index contributed by atoms with van der Waals surface area (Å²) in [6.45, 7) is 4.89.